The van der Waals surface area contributed by atoms with Crippen LogP contribution in [-0.2, 0) is 4.74 Å². The maximum atomic E-state index is 5.79. The molecular weight excluding hydrogens is 246 g/mol. The second kappa shape index (κ2) is 11.6. The first-order valence-corrected chi connectivity index (χ1v) is 8.53. The lowest BCUT2D eigenvalue weighted by atomic mass is 9.86. The predicted molar refractivity (Wildman–Crippen MR) is 90.2 cm³/mol. The normalized spacial score (nSPS) is 16.6. The van der Waals surface area contributed by atoms with E-state index < -0.39 is 0 Å². The molecule has 122 valence electrons. The van der Waals surface area contributed by atoms with Crippen molar-refractivity contribution in [2.75, 3.05) is 33.9 Å². The Morgan fingerprint density at radius 3 is 1.90 bits per heavy atom. The summed E-state index contributed by atoms with van der Waals surface area (Å²) in [4.78, 5) is 2.21. The Balaban J connectivity index is 3.61. The predicted octanol–water partition coefficient (Wildman–Crippen LogP) is 4.69. The fourth-order valence-electron chi connectivity index (χ4n) is 3.21. The Bertz CT molecular complexity index is 215. The van der Waals surface area contributed by atoms with Gasteiger partial charge in [-0.05, 0) is 70.0 Å². The van der Waals surface area contributed by atoms with Gasteiger partial charge >= 0.3 is 0 Å². The van der Waals surface area contributed by atoms with Crippen molar-refractivity contribution in [2.24, 2.45) is 23.7 Å². The molecule has 0 aliphatic carbocycles. The molecule has 0 spiro atoms. The van der Waals surface area contributed by atoms with Crippen molar-refractivity contribution < 1.29 is 4.74 Å². The van der Waals surface area contributed by atoms with Gasteiger partial charge in [-0.2, -0.15) is 0 Å². The van der Waals surface area contributed by atoms with Crippen LogP contribution in [0.4, 0.5) is 0 Å². The minimum absolute atomic E-state index is 0.690. The Hall–Kier alpha value is -0.0800. The largest absolute Gasteiger partial charge is 0.381 e. The van der Waals surface area contributed by atoms with Crippen molar-refractivity contribution in [2.45, 2.75) is 60.3 Å². The fourth-order valence-corrected chi connectivity index (χ4v) is 3.21. The smallest absolute Gasteiger partial charge is 0.0491 e. The van der Waals surface area contributed by atoms with Crippen molar-refractivity contribution >= 4 is 0 Å². The minimum atomic E-state index is 0.690. The molecule has 0 rings (SSSR count). The molecule has 2 nitrogen and oxygen atoms in total. The number of ether oxygens (including phenoxy) is 1. The first-order chi connectivity index (χ1) is 9.31. The van der Waals surface area contributed by atoms with E-state index in [0.717, 1.165) is 43.9 Å². The molecule has 20 heavy (non-hydrogen) atoms. The van der Waals surface area contributed by atoms with Crippen LogP contribution in [0.15, 0.2) is 0 Å². The Kier molecular flexibility index (Phi) is 11.5. The van der Waals surface area contributed by atoms with Crippen LogP contribution in [0, 0.1) is 23.7 Å². The van der Waals surface area contributed by atoms with Gasteiger partial charge in [0.2, 0.25) is 0 Å². The first kappa shape index (κ1) is 19.9. The SMILES string of the molecule is CC(C)CC(C)CC(C)CC(C)COCCCN(C)C. The Labute approximate surface area is 128 Å². The van der Waals surface area contributed by atoms with E-state index in [9.17, 15) is 0 Å². The number of hydrogen-bond acceptors (Lipinski definition) is 2. The van der Waals surface area contributed by atoms with Crippen LogP contribution in [0.2, 0.25) is 0 Å². The summed E-state index contributed by atoms with van der Waals surface area (Å²) >= 11 is 0. The zero-order valence-corrected chi connectivity index (χ0v) is 15.1. The van der Waals surface area contributed by atoms with Crippen LogP contribution in [0.25, 0.3) is 0 Å². The average Bonchev–Trinajstić information content (AvgIpc) is 2.25. The van der Waals surface area contributed by atoms with Gasteiger partial charge in [-0.3, -0.25) is 0 Å². The highest BCUT2D eigenvalue weighted by Crippen LogP contribution is 2.24. The molecule has 0 aliphatic heterocycles. The molecule has 0 heterocycles. The standard InChI is InChI=1S/C18H39NO/c1-15(2)11-16(3)12-17(4)13-18(5)14-20-10-8-9-19(6)7/h15-18H,8-14H2,1-7H3. The molecule has 0 saturated carbocycles. The van der Waals surface area contributed by atoms with E-state index in [2.05, 4.69) is 53.6 Å². The van der Waals surface area contributed by atoms with E-state index in [1.807, 2.05) is 0 Å². The molecule has 3 atom stereocenters. The molecule has 2 heteroatoms. The van der Waals surface area contributed by atoms with Crippen molar-refractivity contribution in [3.05, 3.63) is 0 Å². The zero-order chi connectivity index (χ0) is 15.5. The lowest BCUT2D eigenvalue weighted by Crippen LogP contribution is -2.17. The molecule has 0 N–H and O–H groups in total. The monoisotopic (exact) mass is 285 g/mol. The summed E-state index contributed by atoms with van der Waals surface area (Å²) < 4.78 is 5.79. The van der Waals surface area contributed by atoms with Crippen LogP contribution in [0.1, 0.15) is 60.3 Å². The minimum Gasteiger partial charge on any atom is -0.381 e. The van der Waals surface area contributed by atoms with E-state index in [0.29, 0.717) is 5.92 Å². The molecule has 3 unspecified atom stereocenters. The van der Waals surface area contributed by atoms with E-state index in [-0.39, 0.29) is 0 Å². The molecule has 0 aromatic heterocycles. The highest BCUT2D eigenvalue weighted by molar-refractivity contribution is 4.64. The highest BCUT2D eigenvalue weighted by Gasteiger charge is 2.13. The van der Waals surface area contributed by atoms with Gasteiger partial charge in [-0.1, -0.05) is 34.6 Å². The number of rotatable bonds is 12. The number of nitrogens with zero attached hydrogens (tertiary/aromatic N) is 1. The molecule has 0 aliphatic rings. The van der Waals surface area contributed by atoms with E-state index in [4.69, 9.17) is 4.74 Å². The molecule has 0 bridgehead atoms. The lowest BCUT2D eigenvalue weighted by molar-refractivity contribution is 0.0895. The molecule has 0 fully saturated rings. The van der Waals surface area contributed by atoms with Gasteiger partial charge in [0.05, 0.1) is 0 Å². The second-order valence-corrected chi connectivity index (χ2v) is 7.65. The van der Waals surface area contributed by atoms with Gasteiger partial charge < -0.3 is 9.64 Å². The quantitative estimate of drug-likeness (QED) is 0.482. The van der Waals surface area contributed by atoms with Gasteiger partial charge in [-0.25, -0.2) is 0 Å². The number of hydrogen-bond donors (Lipinski definition) is 0. The molecular formula is C18H39NO. The van der Waals surface area contributed by atoms with E-state index >= 15 is 0 Å². The van der Waals surface area contributed by atoms with Gasteiger partial charge in [0.25, 0.3) is 0 Å². The third-order valence-corrected chi connectivity index (χ3v) is 3.78. The van der Waals surface area contributed by atoms with E-state index in [1.165, 1.54) is 19.3 Å². The fraction of sp³-hybridized carbons (Fsp3) is 1.00. The third kappa shape index (κ3) is 12.9. The summed E-state index contributed by atoms with van der Waals surface area (Å²) in [7, 11) is 4.23. The zero-order valence-electron chi connectivity index (χ0n) is 15.1. The van der Waals surface area contributed by atoms with Crippen LogP contribution in [-0.4, -0.2) is 38.8 Å². The topological polar surface area (TPSA) is 12.5 Å². The molecule has 0 radical (unpaired) electrons. The van der Waals surface area contributed by atoms with Crippen molar-refractivity contribution in [1.29, 1.82) is 0 Å². The van der Waals surface area contributed by atoms with Crippen molar-refractivity contribution in [3.8, 4) is 0 Å². The van der Waals surface area contributed by atoms with Gasteiger partial charge in [-0.15, -0.1) is 0 Å². The summed E-state index contributed by atoms with van der Waals surface area (Å²) in [5.41, 5.74) is 0. The molecule has 0 aromatic rings. The maximum absolute atomic E-state index is 5.79. The first-order valence-electron chi connectivity index (χ1n) is 8.53. The lowest BCUT2D eigenvalue weighted by Gasteiger charge is -2.22. The Morgan fingerprint density at radius 2 is 1.35 bits per heavy atom. The van der Waals surface area contributed by atoms with Crippen LogP contribution in [0.5, 0.6) is 0 Å². The molecule has 0 amide bonds. The van der Waals surface area contributed by atoms with Crippen LogP contribution >= 0.6 is 0 Å². The second-order valence-electron chi connectivity index (χ2n) is 7.65. The van der Waals surface area contributed by atoms with E-state index in [1.54, 1.807) is 0 Å². The van der Waals surface area contributed by atoms with Crippen LogP contribution in [0.3, 0.4) is 0 Å². The summed E-state index contributed by atoms with van der Waals surface area (Å²) in [6, 6.07) is 0. The van der Waals surface area contributed by atoms with Gasteiger partial charge in [0.15, 0.2) is 0 Å². The summed E-state index contributed by atoms with van der Waals surface area (Å²) in [5, 5.41) is 0. The summed E-state index contributed by atoms with van der Waals surface area (Å²) in [6.45, 7) is 14.7. The van der Waals surface area contributed by atoms with Gasteiger partial charge in [0.1, 0.15) is 0 Å². The van der Waals surface area contributed by atoms with Crippen molar-refractivity contribution in [1.82, 2.24) is 4.90 Å². The summed E-state index contributed by atoms with van der Waals surface area (Å²) in [6.07, 6.45) is 5.17. The molecule has 0 saturated heterocycles. The Morgan fingerprint density at radius 1 is 0.800 bits per heavy atom. The maximum Gasteiger partial charge on any atom is 0.0491 e. The highest BCUT2D eigenvalue weighted by atomic mass is 16.5. The summed E-state index contributed by atoms with van der Waals surface area (Å²) in [5.74, 6) is 3.20. The molecule has 0 aromatic carbocycles. The van der Waals surface area contributed by atoms with Crippen molar-refractivity contribution in [3.63, 3.8) is 0 Å². The third-order valence-electron chi connectivity index (χ3n) is 3.78. The van der Waals surface area contributed by atoms with Gasteiger partial charge in [0, 0.05) is 13.2 Å². The average molecular weight is 286 g/mol. The van der Waals surface area contributed by atoms with Crippen LogP contribution < -0.4 is 0 Å².